The van der Waals surface area contributed by atoms with E-state index in [9.17, 15) is 0 Å². The molecule has 0 bridgehead atoms. The van der Waals surface area contributed by atoms with Crippen LogP contribution in [0.4, 0.5) is 0 Å². The largest absolute Gasteiger partial charge is 0.302 e. The van der Waals surface area contributed by atoms with Crippen molar-refractivity contribution in [1.29, 1.82) is 0 Å². The topological polar surface area (TPSA) is 3.24 Å². The standard InChI is InChI=1S/C8H17NS/c1-4-8-7(2)10-6-5-9(8)3/h7-8H,4-6H2,1-3H3. The van der Waals surface area contributed by atoms with Crippen molar-refractivity contribution in [3.05, 3.63) is 0 Å². The molecule has 0 N–H and O–H groups in total. The lowest BCUT2D eigenvalue weighted by molar-refractivity contribution is 0.240. The maximum absolute atomic E-state index is 2.49. The molecular weight excluding hydrogens is 142 g/mol. The number of thioether (sulfide) groups is 1. The van der Waals surface area contributed by atoms with Crippen molar-refractivity contribution < 1.29 is 0 Å². The summed E-state index contributed by atoms with van der Waals surface area (Å²) in [6.07, 6.45) is 1.30. The zero-order valence-electron chi connectivity index (χ0n) is 7.13. The molecule has 0 aromatic carbocycles. The van der Waals surface area contributed by atoms with Crippen molar-refractivity contribution in [2.75, 3.05) is 19.3 Å². The van der Waals surface area contributed by atoms with Gasteiger partial charge in [-0.1, -0.05) is 13.8 Å². The Labute approximate surface area is 68.2 Å². The van der Waals surface area contributed by atoms with Gasteiger partial charge in [0.1, 0.15) is 0 Å². The monoisotopic (exact) mass is 159 g/mol. The van der Waals surface area contributed by atoms with Gasteiger partial charge in [0.15, 0.2) is 0 Å². The predicted octanol–water partition coefficient (Wildman–Crippen LogP) is 1.83. The van der Waals surface area contributed by atoms with E-state index in [2.05, 4.69) is 37.6 Å². The molecule has 1 rings (SSSR count). The highest BCUT2D eigenvalue weighted by Gasteiger charge is 2.23. The molecular formula is C8H17NS. The van der Waals surface area contributed by atoms with Gasteiger partial charge in [-0.05, 0) is 13.5 Å². The molecule has 0 amide bonds. The second-order valence-corrected chi connectivity index (χ2v) is 4.52. The third kappa shape index (κ3) is 1.67. The summed E-state index contributed by atoms with van der Waals surface area (Å²) in [7, 11) is 2.24. The van der Waals surface area contributed by atoms with Crippen LogP contribution in [0.5, 0.6) is 0 Å². The van der Waals surface area contributed by atoms with Crippen LogP contribution in [0, 0.1) is 0 Å². The molecule has 1 fully saturated rings. The summed E-state index contributed by atoms with van der Waals surface area (Å²) in [6, 6.07) is 0.818. The number of hydrogen-bond donors (Lipinski definition) is 0. The third-order valence-corrected chi connectivity index (χ3v) is 3.61. The minimum Gasteiger partial charge on any atom is -0.302 e. The quantitative estimate of drug-likeness (QED) is 0.574. The Morgan fingerprint density at radius 3 is 2.70 bits per heavy atom. The molecule has 2 heteroatoms. The molecule has 1 aliphatic rings. The zero-order valence-corrected chi connectivity index (χ0v) is 7.95. The van der Waals surface area contributed by atoms with E-state index in [-0.39, 0.29) is 0 Å². The first-order valence-corrected chi connectivity index (χ1v) is 5.12. The first-order chi connectivity index (χ1) is 4.75. The number of hydrogen-bond acceptors (Lipinski definition) is 2. The second-order valence-electron chi connectivity index (χ2n) is 3.03. The minimum atomic E-state index is 0.818. The summed E-state index contributed by atoms with van der Waals surface area (Å²) in [6.45, 7) is 5.89. The summed E-state index contributed by atoms with van der Waals surface area (Å²) >= 11 is 2.11. The Kier molecular flexibility index (Phi) is 3.05. The van der Waals surface area contributed by atoms with Gasteiger partial charge in [0, 0.05) is 23.6 Å². The molecule has 0 aliphatic carbocycles. The lowest BCUT2D eigenvalue weighted by atomic mass is 10.1. The Morgan fingerprint density at radius 2 is 2.30 bits per heavy atom. The fourth-order valence-corrected chi connectivity index (χ4v) is 3.05. The van der Waals surface area contributed by atoms with E-state index in [0.29, 0.717) is 0 Å². The Morgan fingerprint density at radius 1 is 1.60 bits per heavy atom. The molecule has 1 saturated heterocycles. The molecule has 10 heavy (non-hydrogen) atoms. The first kappa shape index (κ1) is 8.41. The van der Waals surface area contributed by atoms with Crippen molar-refractivity contribution in [2.24, 2.45) is 0 Å². The average molecular weight is 159 g/mol. The Hall–Kier alpha value is 0.310. The van der Waals surface area contributed by atoms with Crippen LogP contribution in [0.2, 0.25) is 0 Å². The minimum absolute atomic E-state index is 0.818. The van der Waals surface area contributed by atoms with Gasteiger partial charge in [0.2, 0.25) is 0 Å². The fraction of sp³-hybridized carbons (Fsp3) is 1.00. The molecule has 1 heterocycles. The van der Waals surface area contributed by atoms with Crippen LogP contribution in [0.25, 0.3) is 0 Å². The summed E-state index contributed by atoms with van der Waals surface area (Å²) in [5.74, 6) is 1.31. The van der Waals surface area contributed by atoms with Crippen molar-refractivity contribution in [3.63, 3.8) is 0 Å². The smallest absolute Gasteiger partial charge is 0.0206 e. The van der Waals surface area contributed by atoms with E-state index in [1.165, 1.54) is 18.7 Å². The molecule has 1 nitrogen and oxygen atoms in total. The van der Waals surface area contributed by atoms with Crippen LogP contribution in [-0.4, -0.2) is 35.5 Å². The van der Waals surface area contributed by atoms with Crippen molar-refractivity contribution in [1.82, 2.24) is 4.90 Å². The van der Waals surface area contributed by atoms with E-state index in [1.807, 2.05) is 0 Å². The molecule has 0 aromatic rings. The molecule has 2 unspecified atom stereocenters. The molecule has 60 valence electrons. The number of rotatable bonds is 1. The molecule has 0 saturated carbocycles. The van der Waals surface area contributed by atoms with Gasteiger partial charge in [-0.15, -0.1) is 0 Å². The van der Waals surface area contributed by atoms with Crippen molar-refractivity contribution >= 4 is 11.8 Å². The lowest BCUT2D eigenvalue weighted by Crippen LogP contribution is -2.43. The average Bonchev–Trinajstić information content (AvgIpc) is 1.88. The summed E-state index contributed by atoms with van der Waals surface area (Å²) in [4.78, 5) is 2.49. The van der Waals surface area contributed by atoms with Crippen LogP contribution in [0.1, 0.15) is 20.3 Å². The van der Waals surface area contributed by atoms with Gasteiger partial charge in [-0.3, -0.25) is 0 Å². The van der Waals surface area contributed by atoms with E-state index >= 15 is 0 Å². The van der Waals surface area contributed by atoms with E-state index in [0.717, 1.165) is 11.3 Å². The van der Waals surface area contributed by atoms with Gasteiger partial charge in [-0.25, -0.2) is 0 Å². The molecule has 0 aromatic heterocycles. The molecule has 0 spiro atoms. The van der Waals surface area contributed by atoms with Crippen molar-refractivity contribution in [2.45, 2.75) is 31.6 Å². The van der Waals surface area contributed by atoms with Crippen LogP contribution in [0.15, 0.2) is 0 Å². The van der Waals surface area contributed by atoms with Crippen LogP contribution in [0.3, 0.4) is 0 Å². The van der Waals surface area contributed by atoms with Crippen LogP contribution < -0.4 is 0 Å². The fourth-order valence-electron chi connectivity index (χ4n) is 1.66. The van der Waals surface area contributed by atoms with Gasteiger partial charge in [0.25, 0.3) is 0 Å². The highest BCUT2D eigenvalue weighted by atomic mass is 32.2. The maximum atomic E-state index is 2.49. The molecule has 1 aliphatic heterocycles. The van der Waals surface area contributed by atoms with Crippen LogP contribution in [-0.2, 0) is 0 Å². The highest BCUT2D eigenvalue weighted by Crippen LogP contribution is 2.24. The zero-order chi connectivity index (χ0) is 7.56. The van der Waals surface area contributed by atoms with E-state index in [4.69, 9.17) is 0 Å². The summed E-state index contributed by atoms with van der Waals surface area (Å²) in [5, 5.41) is 0.837. The molecule has 0 radical (unpaired) electrons. The third-order valence-electron chi connectivity index (χ3n) is 2.35. The highest BCUT2D eigenvalue weighted by molar-refractivity contribution is 8.00. The van der Waals surface area contributed by atoms with E-state index < -0.39 is 0 Å². The lowest BCUT2D eigenvalue weighted by Gasteiger charge is -2.36. The Balaban J connectivity index is 2.45. The van der Waals surface area contributed by atoms with Gasteiger partial charge >= 0.3 is 0 Å². The normalized spacial score (nSPS) is 36.3. The van der Waals surface area contributed by atoms with Crippen LogP contribution >= 0.6 is 11.8 Å². The maximum Gasteiger partial charge on any atom is 0.0206 e. The SMILES string of the molecule is CCC1C(C)SCCN1C. The van der Waals surface area contributed by atoms with Gasteiger partial charge in [0.05, 0.1) is 0 Å². The predicted molar refractivity (Wildman–Crippen MR) is 48.6 cm³/mol. The second kappa shape index (κ2) is 3.63. The summed E-state index contributed by atoms with van der Waals surface area (Å²) < 4.78 is 0. The number of nitrogens with zero attached hydrogens (tertiary/aromatic N) is 1. The van der Waals surface area contributed by atoms with Gasteiger partial charge < -0.3 is 4.90 Å². The summed E-state index contributed by atoms with van der Waals surface area (Å²) in [5.41, 5.74) is 0. The first-order valence-electron chi connectivity index (χ1n) is 4.07. The molecule has 2 atom stereocenters. The van der Waals surface area contributed by atoms with E-state index in [1.54, 1.807) is 0 Å². The van der Waals surface area contributed by atoms with Crippen molar-refractivity contribution in [3.8, 4) is 0 Å². The van der Waals surface area contributed by atoms with Gasteiger partial charge in [-0.2, -0.15) is 11.8 Å². The Bertz CT molecular complexity index is 95.4.